The van der Waals surface area contributed by atoms with E-state index in [9.17, 15) is 0 Å². The van der Waals surface area contributed by atoms with Crippen LogP contribution in [0.2, 0.25) is 0 Å². The van der Waals surface area contributed by atoms with Gasteiger partial charge in [-0.25, -0.2) is 0 Å². The lowest BCUT2D eigenvalue weighted by Gasteiger charge is -2.37. The van der Waals surface area contributed by atoms with Crippen LogP contribution < -0.4 is 5.32 Å². The summed E-state index contributed by atoms with van der Waals surface area (Å²) in [6.07, 6.45) is 1.33. The largest absolute Gasteiger partial charge is 0.316 e. The lowest BCUT2D eigenvalue weighted by molar-refractivity contribution is 0.117. The third-order valence-electron chi connectivity index (χ3n) is 3.99. The van der Waals surface area contributed by atoms with Crippen LogP contribution in [0.15, 0.2) is 0 Å². The quantitative estimate of drug-likeness (QED) is 0.752. The molecule has 0 radical (unpaired) electrons. The lowest BCUT2D eigenvalue weighted by atomic mass is 9.88. The molecule has 0 aromatic rings. The molecule has 1 fully saturated rings. The first-order valence-electron chi connectivity index (χ1n) is 6.43. The van der Waals surface area contributed by atoms with Crippen LogP contribution in [-0.4, -0.2) is 37.1 Å². The van der Waals surface area contributed by atoms with Crippen molar-refractivity contribution in [1.82, 2.24) is 10.2 Å². The summed E-state index contributed by atoms with van der Waals surface area (Å²) in [7, 11) is 0. The van der Waals surface area contributed by atoms with Gasteiger partial charge in [-0.2, -0.15) is 0 Å². The van der Waals surface area contributed by atoms with Gasteiger partial charge in [-0.15, -0.1) is 0 Å². The molecule has 2 nitrogen and oxygen atoms in total. The second kappa shape index (κ2) is 5.31. The van der Waals surface area contributed by atoms with Gasteiger partial charge in [0.2, 0.25) is 0 Å². The first-order valence-corrected chi connectivity index (χ1v) is 6.43. The molecule has 1 saturated heterocycles. The van der Waals surface area contributed by atoms with E-state index in [-0.39, 0.29) is 0 Å². The van der Waals surface area contributed by atoms with Crippen LogP contribution in [0.4, 0.5) is 0 Å². The van der Waals surface area contributed by atoms with Gasteiger partial charge in [0.05, 0.1) is 0 Å². The van der Waals surface area contributed by atoms with Crippen LogP contribution in [0, 0.1) is 11.3 Å². The van der Waals surface area contributed by atoms with E-state index in [1.165, 1.54) is 32.6 Å². The standard InChI is InChI=1S/C13H28N2/c1-6-15(12(4)11(2)3)10-13(5)7-8-14-9-13/h11-12,14H,6-10H2,1-5H3. The molecular weight excluding hydrogens is 184 g/mol. The number of hydrogen-bond acceptors (Lipinski definition) is 2. The SMILES string of the molecule is CCN(CC1(C)CCNC1)C(C)C(C)C. The molecule has 0 aliphatic carbocycles. The molecule has 2 unspecified atom stereocenters. The first kappa shape index (κ1) is 13.0. The van der Waals surface area contributed by atoms with Gasteiger partial charge in [-0.1, -0.05) is 27.7 Å². The van der Waals surface area contributed by atoms with E-state index in [1.807, 2.05) is 0 Å². The number of nitrogens with zero attached hydrogens (tertiary/aromatic N) is 1. The van der Waals surface area contributed by atoms with Gasteiger partial charge < -0.3 is 10.2 Å². The van der Waals surface area contributed by atoms with Crippen LogP contribution >= 0.6 is 0 Å². The molecule has 1 rings (SSSR count). The van der Waals surface area contributed by atoms with Gasteiger partial charge in [0.1, 0.15) is 0 Å². The molecule has 2 heteroatoms. The Kier molecular flexibility index (Phi) is 4.60. The highest BCUT2D eigenvalue weighted by Crippen LogP contribution is 2.27. The highest BCUT2D eigenvalue weighted by Gasteiger charge is 2.31. The Labute approximate surface area is 95.4 Å². The van der Waals surface area contributed by atoms with Crippen molar-refractivity contribution in [1.29, 1.82) is 0 Å². The molecule has 0 bridgehead atoms. The van der Waals surface area contributed by atoms with Crippen molar-refractivity contribution in [3.05, 3.63) is 0 Å². The van der Waals surface area contributed by atoms with Crippen molar-refractivity contribution < 1.29 is 0 Å². The normalized spacial score (nSPS) is 29.0. The fourth-order valence-electron chi connectivity index (χ4n) is 2.46. The van der Waals surface area contributed by atoms with E-state index in [2.05, 4.69) is 44.8 Å². The van der Waals surface area contributed by atoms with Gasteiger partial charge in [0.15, 0.2) is 0 Å². The third-order valence-corrected chi connectivity index (χ3v) is 3.99. The Balaban J connectivity index is 2.52. The average Bonchev–Trinajstić information content (AvgIpc) is 2.60. The first-order chi connectivity index (χ1) is 6.98. The molecule has 2 atom stereocenters. The van der Waals surface area contributed by atoms with Crippen LogP contribution in [0.1, 0.15) is 41.0 Å². The maximum absolute atomic E-state index is 3.48. The van der Waals surface area contributed by atoms with Gasteiger partial charge in [-0.05, 0) is 37.8 Å². The summed E-state index contributed by atoms with van der Waals surface area (Å²) in [5.74, 6) is 0.753. The number of rotatable bonds is 5. The Morgan fingerprint density at radius 1 is 1.33 bits per heavy atom. The lowest BCUT2D eigenvalue weighted by Crippen LogP contribution is -2.44. The number of hydrogen-bond donors (Lipinski definition) is 1. The Morgan fingerprint density at radius 2 is 2.00 bits per heavy atom. The average molecular weight is 212 g/mol. The maximum Gasteiger partial charge on any atom is 0.00900 e. The highest BCUT2D eigenvalue weighted by molar-refractivity contribution is 4.87. The second-order valence-electron chi connectivity index (χ2n) is 5.79. The van der Waals surface area contributed by atoms with Gasteiger partial charge in [-0.3, -0.25) is 0 Å². The Hall–Kier alpha value is -0.0800. The molecule has 0 amide bonds. The second-order valence-corrected chi connectivity index (χ2v) is 5.79. The van der Waals surface area contributed by atoms with Crippen molar-refractivity contribution in [3.8, 4) is 0 Å². The molecular formula is C13H28N2. The molecule has 90 valence electrons. The third kappa shape index (κ3) is 3.46. The molecule has 0 spiro atoms. The predicted molar refractivity (Wildman–Crippen MR) is 67.1 cm³/mol. The summed E-state index contributed by atoms with van der Waals surface area (Å²) in [5.41, 5.74) is 0.499. The van der Waals surface area contributed by atoms with E-state index >= 15 is 0 Å². The monoisotopic (exact) mass is 212 g/mol. The zero-order valence-electron chi connectivity index (χ0n) is 11.1. The zero-order valence-corrected chi connectivity index (χ0v) is 11.1. The minimum absolute atomic E-state index is 0.499. The van der Waals surface area contributed by atoms with Crippen molar-refractivity contribution in [2.45, 2.75) is 47.1 Å². The molecule has 0 saturated carbocycles. The smallest absolute Gasteiger partial charge is 0.00900 e. The Morgan fingerprint density at radius 3 is 2.40 bits per heavy atom. The number of nitrogens with one attached hydrogen (secondary N) is 1. The van der Waals surface area contributed by atoms with Crippen molar-refractivity contribution in [3.63, 3.8) is 0 Å². The molecule has 1 aliphatic rings. The molecule has 0 aromatic carbocycles. The van der Waals surface area contributed by atoms with E-state index in [0.717, 1.165) is 5.92 Å². The van der Waals surface area contributed by atoms with Crippen molar-refractivity contribution in [2.75, 3.05) is 26.2 Å². The van der Waals surface area contributed by atoms with E-state index in [1.54, 1.807) is 0 Å². The summed E-state index contributed by atoms with van der Waals surface area (Å²) in [6, 6.07) is 0.701. The van der Waals surface area contributed by atoms with Crippen LogP contribution in [0.25, 0.3) is 0 Å². The Bertz CT molecular complexity index is 183. The molecule has 15 heavy (non-hydrogen) atoms. The van der Waals surface area contributed by atoms with Gasteiger partial charge >= 0.3 is 0 Å². The summed E-state index contributed by atoms with van der Waals surface area (Å²) < 4.78 is 0. The summed E-state index contributed by atoms with van der Waals surface area (Å²) >= 11 is 0. The summed E-state index contributed by atoms with van der Waals surface area (Å²) in [6.45, 7) is 16.5. The summed E-state index contributed by atoms with van der Waals surface area (Å²) in [4.78, 5) is 2.64. The van der Waals surface area contributed by atoms with Crippen LogP contribution in [0.3, 0.4) is 0 Å². The van der Waals surface area contributed by atoms with Crippen LogP contribution in [0.5, 0.6) is 0 Å². The molecule has 1 N–H and O–H groups in total. The molecule has 1 aliphatic heterocycles. The van der Waals surface area contributed by atoms with Gasteiger partial charge in [0.25, 0.3) is 0 Å². The maximum atomic E-state index is 3.48. The fourth-order valence-corrected chi connectivity index (χ4v) is 2.46. The predicted octanol–water partition coefficient (Wildman–Crippen LogP) is 2.35. The van der Waals surface area contributed by atoms with Crippen LogP contribution in [-0.2, 0) is 0 Å². The minimum Gasteiger partial charge on any atom is -0.316 e. The topological polar surface area (TPSA) is 15.3 Å². The summed E-state index contributed by atoms with van der Waals surface area (Å²) in [5, 5.41) is 3.48. The van der Waals surface area contributed by atoms with E-state index in [0.29, 0.717) is 11.5 Å². The fraction of sp³-hybridized carbons (Fsp3) is 1.00. The van der Waals surface area contributed by atoms with E-state index in [4.69, 9.17) is 0 Å². The highest BCUT2D eigenvalue weighted by atomic mass is 15.2. The van der Waals surface area contributed by atoms with Gasteiger partial charge in [0, 0.05) is 19.1 Å². The zero-order chi connectivity index (χ0) is 11.5. The molecule has 1 heterocycles. The molecule has 0 aromatic heterocycles. The van der Waals surface area contributed by atoms with Crippen molar-refractivity contribution in [2.24, 2.45) is 11.3 Å². The van der Waals surface area contributed by atoms with Crippen molar-refractivity contribution >= 4 is 0 Å². The van der Waals surface area contributed by atoms with E-state index < -0.39 is 0 Å². The minimum atomic E-state index is 0.499.